The zero-order valence-corrected chi connectivity index (χ0v) is 10.3. The van der Waals surface area contributed by atoms with Gasteiger partial charge in [-0.15, -0.1) is 0 Å². The number of hydrogen-bond acceptors (Lipinski definition) is 4. The molecule has 1 unspecified atom stereocenters. The third-order valence-electron chi connectivity index (χ3n) is 2.85. The molecule has 0 bridgehead atoms. The second-order valence-electron chi connectivity index (χ2n) is 4.12. The van der Waals surface area contributed by atoms with Crippen LogP contribution in [0, 0.1) is 0 Å². The highest BCUT2D eigenvalue weighted by Crippen LogP contribution is 2.30. The van der Waals surface area contributed by atoms with Crippen LogP contribution >= 0.6 is 0 Å². The summed E-state index contributed by atoms with van der Waals surface area (Å²) in [6.07, 6.45) is 0.687. The standard InChI is InChI=1S/C13H17NO4/c1-2-10(8-15)14-13(16)9-3-4-11-12(7-9)18-6-5-17-11/h3-4,7,10,15H,2,5-6,8H2,1H3,(H,14,16). The smallest absolute Gasteiger partial charge is 0.251 e. The van der Waals surface area contributed by atoms with E-state index in [9.17, 15) is 4.79 Å². The van der Waals surface area contributed by atoms with Gasteiger partial charge in [0.15, 0.2) is 11.5 Å². The third kappa shape index (κ3) is 2.73. The molecule has 1 aromatic rings. The normalized spacial score (nSPS) is 15.0. The fraction of sp³-hybridized carbons (Fsp3) is 0.462. The lowest BCUT2D eigenvalue weighted by Crippen LogP contribution is -2.36. The molecule has 1 aliphatic rings. The fourth-order valence-electron chi connectivity index (χ4n) is 1.73. The highest BCUT2D eigenvalue weighted by molar-refractivity contribution is 5.95. The van der Waals surface area contributed by atoms with E-state index in [0.717, 1.165) is 0 Å². The quantitative estimate of drug-likeness (QED) is 0.836. The summed E-state index contributed by atoms with van der Waals surface area (Å²) in [6, 6.07) is 4.86. The summed E-state index contributed by atoms with van der Waals surface area (Å²) in [5, 5.41) is 11.8. The van der Waals surface area contributed by atoms with Crippen LogP contribution in [0.2, 0.25) is 0 Å². The number of ether oxygens (including phenoxy) is 2. The van der Waals surface area contributed by atoms with Crippen LogP contribution in [0.25, 0.3) is 0 Å². The number of carbonyl (C=O) groups excluding carboxylic acids is 1. The molecular weight excluding hydrogens is 234 g/mol. The van der Waals surface area contributed by atoms with Gasteiger partial charge in [0.25, 0.3) is 5.91 Å². The van der Waals surface area contributed by atoms with Crippen molar-refractivity contribution in [3.8, 4) is 11.5 Å². The maximum absolute atomic E-state index is 11.9. The molecule has 0 radical (unpaired) electrons. The summed E-state index contributed by atoms with van der Waals surface area (Å²) >= 11 is 0. The number of hydrogen-bond donors (Lipinski definition) is 2. The van der Waals surface area contributed by atoms with Crippen molar-refractivity contribution in [2.75, 3.05) is 19.8 Å². The topological polar surface area (TPSA) is 67.8 Å². The first-order valence-electron chi connectivity index (χ1n) is 6.06. The van der Waals surface area contributed by atoms with E-state index in [1.165, 1.54) is 0 Å². The van der Waals surface area contributed by atoms with Crippen LogP contribution in [0.15, 0.2) is 18.2 Å². The minimum absolute atomic E-state index is 0.0627. The van der Waals surface area contributed by atoms with E-state index >= 15 is 0 Å². The van der Waals surface area contributed by atoms with Crippen molar-refractivity contribution in [1.29, 1.82) is 0 Å². The van der Waals surface area contributed by atoms with E-state index in [-0.39, 0.29) is 18.6 Å². The van der Waals surface area contributed by atoms with Gasteiger partial charge in [0.2, 0.25) is 0 Å². The highest BCUT2D eigenvalue weighted by Gasteiger charge is 2.16. The first-order valence-corrected chi connectivity index (χ1v) is 6.06. The second kappa shape index (κ2) is 5.73. The van der Waals surface area contributed by atoms with E-state index in [1.54, 1.807) is 18.2 Å². The van der Waals surface area contributed by atoms with Gasteiger partial charge in [0.1, 0.15) is 13.2 Å². The van der Waals surface area contributed by atoms with E-state index < -0.39 is 0 Å². The number of amides is 1. The number of fused-ring (bicyclic) bond motifs is 1. The molecule has 0 saturated heterocycles. The molecule has 2 N–H and O–H groups in total. The molecule has 1 heterocycles. The molecular formula is C13H17NO4. The first-order chi connectivity index (χ1) is 8.74. The molecule has 2 rings (SSSR count). The van der Waals surface area contributed by atoms with Crippen LogP contribution < -0.4 is 14.8 Å². The number of aliphatic hydroxyl groups is 1. The summed E-state index contributed by atoms with van der Waals surface area (Å²) < 4.78 is 10.8. The molecule has 1 aliphatic heterocycles. The summed E-state index contributed by atoms with van der Waals surface area (Å²) in [6.45, 7) is 2.87. The summed E-state index contributed by atoms with van der Waals surface area (Å²) in [4.78, 5) is 11.9. The third-order valence-corrected chi connectivity index (χ3v) is 2.85. The van der Waals surface area contributed by atoms with Gasteiger partial charge >= 0.3 is 0 Å². The van der Waals surface area contributed by atoms with E-state index in [0.29, 0.717) is 36.7 Å². The molecule has 0 saturated carbocycles. The van der Waals surface area contributed by atoms with Gasteiger partial charge in [-0.05, 0) is 24.6 Å². The van der Waals surface area contributed by atoms with Crippen molar-refractivity contribution < 1.29 is 19.4 Å². The molecule has 0 spiro atoms. The van der Waals surface area contributed by atoms with Crippen LogP contribution in [0.3, 0.4) is 0 Å². The Morgan fingerprint density at radius 3 is 2.78 bits per heavy atom. The number of aliphatic hydroxyl groups excluding tert-OH is 1. The SMILES string of the molecule is CCC(CO)NC(=O)c1ccc2c(c1)OCCO2. The Balaban J connectivity index is 2.11. The number of rotatable bonds is 4. The van der Waals surface area contributed by atoms with Crippen LogP contribution in [-0.4, -0.2) is 36.9 Å². The predicted octanol–water partition coefficient (Wildman–Crippen LogP) is 0.959. The van der Waals surface area contributed by atoms with Crippen LogP contribution in [-0.2, 0) is 0 Å². The molecule has 1 amide bonds. The molecule has 0 aliphatic carbocycles. The zero-order valence-electron chi connectivity index (χ0n) is 10.3. The van der Waals surface area contributed by atoms with Crippen molar-refractivity contribution in [3.05, 3.63) is 23.8 Å². The van der Waals surface area contributed by atoms with E-state index in [2.05, 4.69) is 5.32 Å². The van der Waals surface area contributed by atoms with Gasteiger partial charge in [-0.25, -0.2) is 0 Å². The first kappa shape index (κ1) is 12.7. The predicted molar refractivity (Wildman–Crippen MR) is 66.1 cm³/mol. The number of carbonyl (C=O) groups is 1. The van der Waals surface area contributed by atoms with Crippen molar-refractivity contribution in [3.63, 3.8) is 0 Å². The Morgan fingerprint density at radius 1 is 1.39 bits per heavy atom. The Labute approximate surface area is 106 Å². The average Bonchev–Trinajstić information content (AvgIpc) is 2.44. The van der Waals surface area contributed by atoms with Crippen LogP contribution in [0.4, 0.5) is 0 Å². The maximum atomic E-state index is 11.9. The molecule has 0 aromatic heterocycles. The summed E-state index contributed by atoms with van der Waals surface area (Å²) in [5.41, 5.74) is 0.506. The Bertz CT molecular complexity index is 429. The van der Waals surface area contributed by atoms with Crippen LogP contribution in [0.5, 0.6) is 11.5 Å². The van der Waals surface area contributed by atoms with Gasteiger partial charge in [-0.2, -0.15) is 0 Å². The monoisotopic (exact) mass is 251 g/mol. The molecule has 98 valence electrons. The van der Waals surface area contributed by atoms with Gasteiger partial charge < -0.3 is 19.9 Å². The van der Waals surface area contributed by atoms with Gasteiger partial charge in [0, 0.05) is 5.56 Å². The lowest BCUT2D eigenvalue weighted by atomic mass is 10.1. The molecule has 18 heavy (non-hydrogen) atoms. The number of benzene rings is 1. The van der Waals surface area contributed by atoms with Gasteiger partial charge in [0.05, 0.1) is 12.6 Å². The van der Waals surface area contributed by atoms with Gasteiger partial charge in [-0.3, -0.25) is 4.79 Å². The lowest BCUT2D eigenvalue weighted by Gasteiger charge is -2.19. The molecule has 1 aromatic carbocycles. The van der Waals surface area contributed by atoms with Crippen molar-refractivity contribution in [2.24, 2.45) is 0 Å². The van der Waals surface area contributed by atoms with Crippen LogP contribution in [0.1, 0.15) is 23.7 Å². The minimum atomic E-state index is -0.217. The summed E-state index contributed by atoms with van der Waals surface area (Å²) in [7, 11) is 0. The number of nitrogens with one attached hydrogen (secondary N) is 1. The Kier molecular flexibility index (Phi) is 4.04. The largest absolute Gasteiger partial charge is 0.486 e. The van der Waals surface area contributed by atoms with Crippen molar-refractivity contribution in [2.45, 2.75) is 19.4 Å². The lowest BCUT2D eigenvalue weighted by molar-refractivity contribution is 0.0913. The Hall–Kier alpha value is -1.75. The van der Waals surface area contributed by atoms with Crippen molar-refractivity contribution >= 4 is 5.91 Å². The highest BCUT2D eigenvalue weighted by atomic mass is 16.6. The zero-order chi connectivity index (χ0) is 13.0. The summed E-state index contributed by atoms with van der Waals surface area (Å²) in [5.74, 6) is 1.03. The second-order valence-corrected chi connectivity index (χ2v) is 4.12. The van der Waals surface area contributed by atoms with Crippen molar-refractivity contribution in [1.82, 2.24) is 5.32 Å². The van der Waals surface area contributed by atoms with E-state index in [4.69, 9.17) is 14.6 Å². The van der Waals surface area contributed by atoms with Gasteiger partial charge in [-0.1, -0.05) is 6.92 Å². The Morgan fingerprint density at radius 2 is 2.11 bits per heavy atom. The molecule has 1 atom stereocenters. The maximum Gasteiger partial charge on any atom is 0.251 e. The average molecular weight is 251 g/mol. The van der Waals surface area contributed by atoms with E-state index in [1.807, 2.05) is 6.92 Å². The fourth-order valence-corrected chi connectivity index (χ4v) is 1.73. The molecule has 5 heteroatoms. The molecule has 0 fully saturated rings. The minimum Gasteiger partial charge on any atom is -0.486 e. The molecule has 5 nitrogen and oxygen atoms in total.